The lowest BCUT2D eigenvalue weighted by atomic mass is 10.1. The third kappa shape index (κ3) is 3.68. The summed E-state index contributed by atoms with van der Waals surface area (Å²) in [4.78, 5) is -0.0911. The summed E-state index contributed by atoms with van der Waals surface area (Å²) in [6.07, 6.45) is 3.16. The topological polar surface area (TPSA) is 67.4 Å². The molecule has 112 valence electrons. The van der Waals surface area contributed by atoms with Crippen LogP contribution < -0.4 is 14.8 Å². The molecule has 1 heterocycles. The van der Waals surface area contributed by atoms with Gasteiger partial charge in [0.15, 0.2) is 11.6 Å². The lowest BCUT2D eigenvalue weighted by molar-refractivity contribution is 0.385. The van der Waals surface area contributed by atoms with Crippen LogP contribution in [0.1, 0.15) is 19.3 Å². The Kier molecular flexibility index (Phi) is 4.95. The molecule has 1 aliphatic rings. The molecule has 1 fully saturated rings. The van der Waals surface area contributed by atoms with Crippen LogP contribution in [0.5, 0.6) is 5.75 Å². The normalized spacial score (nSPS) is 19.8. The van der Waals surface area contributed by atoms with Gasteiger partial charge in [-0.15, -0.1) is 0 Å². The molecule has 2 N–H and O–H groups in total. The lowest BCUT2D eigenvalue weighted by Gasteiger charge is -2.23. The van der Waals surface area contributed by atoms with Crippen LogP contribution in [0.15, 0.2) is 23.1 Å². The van der Waals surface area contributed by atoms with Gasteiger partial charge in [-0.1, -0.05) is 6.42 Å². The van der Waals surface area contributed by atoms with Gasteiger partial charge in [-0.3, -0.25) is 0 Å². The predicted octanol–water partition coefficient (Wildman–Crippen LogP) is 1.25. The van der Waals surface area contributed by atoms with Crippen molar-refractivity contribution in [3.8, 4) is 5.75 Å². The summed E-state index contributed by atoms with van der Waals surface area (Å²) in [5.41, 5.74) is 0. The molecule has 0 unspecified atom stereocenters. The molecule has 7 heteroatoms. The lowest BCUT2D eigenvalue weighted by Crippen LogP contribution is -2.43. The minimum Gasteiger partial charge on any atom is -0.494 e. The number of rotatable bonds is 5. The van der Waals surface area contributed by atoms with Crippen LogP contribution >= 0.6 is 0 Å². The van der Waals surface area contributed by atoms with Crippen LogP contribution in [-0.4, -0.2) is 34.7 Å². The molecule has 1 atom stereocenters. The molecule has 0 amide bonds. The largest absolute Gasteiger partial charge is 0.494 e. The fourth-order valence-electron chi connectivity index (χ4n) is 2.21. The average molecular weight is 302 g/mol. The molecule has 0 aromatic heterocycles. The highest BCUT2D eigenvalue weighted by molar-refractivity contribution is 7.89. The second-order valence-electron chi connectivity index (χ2n) is 4.80. The standard InChI is InChI=1S/C13H19FN2O3S/c1-19-13-6-5-11(8-12(13)14)20(17,18)16-9-10-4-2-3-7-15-10/h5-6,8,10,15-16H,2-4,7,9H2,1H3/t10-/m1/s1. The van der Waals surface area contributed by atoms with Crippen molar-refractivity contribution in [3.63, 3.8) is 0 Å². The van der Waals surface area contributed by atoms with E-state index in [4.69, 9.17) is 4.74 Å². The van der Waals surface area contributed by atoms with Crippen LogP contribution in [0.4, 0.5) is 4.39 Å². The molecule has 0 spiro atoms. The fraction of sp³-hybridized carbons (Fsp3) is 0.538. The fourth-order valence-corrected chi connectivity index (χ4v) is 3.30. The smallest absolute Gasteiger partial charge is 0.240 e. The van der Waals surface area contributed by atoms with E-state index in [2.05, 4.69) is 10.0 Å². The Morgan fingerprint density at radius 2 is 2.25 bits per heavy atom. The molecule has 0 bridgehead atoms. The van der Waals surface area contributed by atoms with Gasteiger partial charge in [-0.05, 0) is 37.6 Å². The highest BCUT2D eigenvalue weighted by Gasteiger charge is 2.19. The predicted molar refractivity (Wildman–Crippen MR) is 73.8 cm³/mol. The second-order valence-corrected chi connectivity index (χ2v) is 6.56. The minimum atomic E-state index is -3.69. The summed E-state index contributed by atoms with van der Waals surface area (Å²) >= 11 is 0. The summed E-state index contributed by atoms with van der Waals surface area (Å²) in [5.74, 6) is -0.663. The maximum absolute atomic E-state index is 13.5. The first-order valence-corrected chi connectivity index (χ1v) is 8.08. The molecular weight excluding hydrogens is 283 g/mol. The Labute approximate surface area is 118 Å². The van der Waals surface area contributed by atoms with Gasteiger partial charge in [-0.2, -0.15) is 0 Å². The Morgan fingerprint density at radius 3 is 2.85 bits per heavy atom. The van der Waals surface area contributed by atoms with Gasteiger partial charge in [0.25, 0.3) is 0 Å². The number of nitrogens with one attached hydrogen (secondary N) is 2. The number of hydrogen-bond acceptors (Lipinski definition) is 4. The number of sulfonamides is 1. The monoisotopic (exact) mass is 302 g/mol. The van der Waals surface area contributed by atoms with E-state index in [0.29, 0.717) is 6.54 Å². The Balaban J connectivity index is 2.04. The van der Waals surface area contributed by atoms with Crippen molar-refractivity contribution in [3.05, 3.63) is 24.0 Å². The first kappa shape index (κ1) is 15.2. The highest BCUT2D eigenvalue weighted by atomic mass is 32.2. The Morgan fingerprint density at radius 1 is 1.45 bits per heavy atom. The zero-order chi connectivity index (χ0) is 14.6. The zero-order valence-corrected chi connectivity index (χ0v) is 12.2. The van der Waals surface area contributed by atoms with E-state index < -0.39 is 15.8 Å². The second kappa shape index (κ2) is 6.51. The summed E-state index contributed by atoms with van der Waals surface area (Å²) in [6, 6.07) is 3.75. The number of hydrogen-bond donors (Lipinski definition) is 2. The number of halogens is 1. The van der Waals surface area contributed by atoms with Crippen LogP contribution in [0.3, 0.4) is 0 Å². The molecular formula is C13H19FN2O3S. The maximum atomic E-state index is 13.5. The molecule has 0 radical (unpaired) electrons. The van der Waals surface area contributed by atoms with Gasteiger partial charge in [0.05, 0.1) is 12.0 Å². The first-order chi connectivity index (χ1) is 9.53. The van der Waals surface area contributed by atoms with E-state index in [1.54, 1.807) is 0 Å². The summed E-state index contributed by atoms with van der Waals surface area (Å²) in [7, 11) is -2.36. The summed E-state index contributed by atoms with van der Waals surface area (Å²) < 4.78 is 45.0. The van der Waals surface area contributed by atoms with Crippen molar-refractivity contribution in [2.24, 2.45) is 0 Å². The molecule has 20 heavy (non-hydrogen) atoms. The van der Waals surface area contributed by atoms with Gasteiger partial charge in [0, 0.05) is 12.6 Å². The quantitative estimate of drug-likeness (QED) is 0.859. The van der Waals surface area contributed by atoms with Gasteiger partial charge in [0.1, 0.15) is 0 Å². The molecule has 5 nitrogen and oxygen atoms in total. The molecule has 0 saturated carbocycles. The van der Waals surface area contributed by atoms with Crippen molar-refractivity contribution in [2.45, 2.75) is 30.2 Å². The van der Waals surface area contributed by atoms with Gasteiger partial charge in [0.2, 0.25) is 10.0 Å². The van der Waals surface area contributed by atoms with Crippen LogP contribution in [0.25, 0.3) is 0 Å². The van der Waals surface area contributed by atoms with E-state index in [1.165, 1.54) is 19.2 Å². The average Bonchev–Trinajstić information content (AvgIpc) is 2.46. The van der Waals surface area contributed by atoms with Crippen LogP contribution in [-0.2, 0) is 10.0 Å². The highest BCUT2D eigenvalue weighted by Crippen LogP contribution is 2.20. The van der Waals surface area contributed by atoms with Crippen LogP contribution in [0, 0.1) is 5.82 Å². The van der Waals surface area contributed by atoms with E-state index in [9.17, 15) is 12.8 Å². The Bertz CT molecular complexity index is 557. The van der Waals surface area contributed by atoms with Gasteiger partial charge < -0.3 is 10.1 Å². The number of benzene rings is 1. The number of methoxy groups -OCH3 is 1. The van der Waals surface area contributed by atoms with E-state index in [-0.39, 0.29) is 16.7 Å². The van der Waals surface area contributed by atoms with Crippen molar-refractivity contribution in [1.29, 1.82) is 0 Å². The third-order valence-corrected chi connectivity index (χ3v) is 4.79. The van der Waals surface area contributed by atoms with Gasteiger partial charge in [-0.25, -0.2) is 17.5 Å². The summed E-state index contributed by atoms with van der Waals surface area (Å²) in [6.45, 7) is 1.22. The molecule has 1 aliphatic heterocycles. The van der Waals surface area contributed by atoms with Crippen molar-refractivity contribution < 1.29 is 17.5 Å². The molecule has 2 rings (SSSR count). The van der Waals surface area contributed by atoms with E-state index in [0.717, 1.165) is 31.9 Å². The number of piperidine rings is 1. The SMILES string of the molecule is COc1ccc(S(=O)(=O)NC[C@H]2CCCCN2)cc1F. The molecule has 1 aromatic carbocycles. The van der Waals surface area contributed by atoms with Crippen molar-refractivity contribution in [2.75, 3.05) is 20.2 Å². The molecule has 1 aromatic rings. The van der Waals surface area contributed by atoms with E-state index >= 15 is 0 Å². The van der Waals surface area contributed by atoms with Crippen molar-refractivity contribution >= 4 is 10.0 Å². The zero-order valence-electron chi connectivity index (χ0n) is 11.4. The van der Waals surface area contributed by atoms with Gasteiger partial charge >= 0.3 is 0 Å². The Hall–Kier alpha value is -1.18. The summed E-state index contributed by atoms with van der Waals surface area (Å²) in [5, 5.41) is 3.25. The first-order valence-electron chi connectivity index (χ1n) is 6.59. The maximum Gasteiger partial charge on any atom is 0.240 e. The number of ether oxygens (including phenoxy) is 1. The van der Waals surface area contributed by atoms with E-state index in [1.807, 2.05) is 0 Å². The third-order valence-electron chi connectivity index (χ3n) is 3.37. The molecule has 1 saturated heterocycles. The van der Waals surface area contributed by atoms with Crippen LogP contribution in [0.2, 0.25) is 0 Å². The van der Waals surface area contributed by atoms with Crippen molar-refractivity contribution in [1.82, 2.24) is 10.0 Å². The molecule has 0 aliphatic carbocycles. The minimum absolute atomic E-state index is 0.0258.